The molecule has 0 radical (unpaired) electrons. The fraction of sp³-hybridized carbons (Fsp3) is 0.320. The number of nitrogens with zero attached hydrogens (tertiary/aromatic N) is 2. The molecule has 1 amide bonds. The van der Waals surface area contributed by atoms with E-state index in [1.54, 1.807) is 0 Å². The van der Waals surface area contributed by atoms with Gasteiger partial charge in [0, 0.05) is 12.5 Å². The van der Waals surface area contributed by atoms with Gasteiger partial charge in [0.15, 0.2) is 11.4 Å². The van der Waals surface area contributed by atoms with Crippen LogP contribution in [-0.4, -0.2) is 59.5 Å². The van der Waals surface area contributed by atoms with Crippen LogP contribution >= 0.6 is 0 Å². The molecule has 0 saturated carbocycles. The van der Waals surface area contributed by atoms with E-state index in [4.69, 9.17) is 4.18 Å². The van der Waals surface area contributed by atoms with Gasteiger partial charge in [-0.1, -0.05) is 30.3 Å². The topological polar surface area (TPSA) is 130 Å². The Kier molecular flexibility index (Phi) is 7.80. The molecule has 4 rings (SSSR count). The van der Waals surface area contributed by atoms with Crippen LogP contribution in [0.1, 0.15) is 45.9 Å². The highest BCUT2D eigenvalue weighted by Gasteiger charge is 2.44. The Hall–Kier alpha value is -3.78. The van der Waals surface area contributed by atoms with Crippen LogP contribution in [0.4, 0.5) is 17.6 Å². The van der Waals surface area contributed by atoms with Gasteiger partial charge in [0.05, 0.1) is 24.1 Å². The van der Waals surface area contributed by atoms with Crippen LogP contribution in [-0.2, 0) is 20.5 Å². The van der Waals surface area contributed by atoms with Crippen molar-refractivity contribution in [1.29, 1.82) is 0 Å². The van der Waals surface area contributed by atoms with Gasteiger partial charge < -0.3 is 10.0 Å². The highest BCUT2D eigenvalue weighted by atomic mass is 32.2. The maximum absolute atomic E-state index is 13.8. The van der Waals surface area contributed by atoms with Gasteiger partial charge >= 0.3 is 6.18 Å². The van der Waals surface area contributed by atoms with Crippen molar-refractivity contribution >= 4 is 16.0 Å². The summed E-state index contributed by atoms with van der Waals surface area (Å²) < 4.78 is 84.9. The van der Waals surface area contributed by atoms with E-state index in [0.717, 1.165) is 47.7 Å². The van der Waals surface area contributed by atoms with Crippen molar-refractivity contribution in [2.45, 2.75) is 37.1 Å². The Morgan fingerprint density at radius 3 is 2.51 bits per heavy atom. The number of rotatable bonds is 7. The quantitative estimate of drug-likeness (QED) is 0.330. The first-order valence-electron chi connectivity index (χ1n) is 11.6. The molecule has 39 heavy (non-hydrogen) atoms. The second kappa shape index (κ2) is 10.8. The molecule has 208 valence electrons. The van der Waals surface area contributed by atoms with Crippen molar-refractivity contribution in [2.75, 3.05) is 12.8 Å². The third-order valence-corrected chi connectivity index (χ3v) is 6.96. The van der Waals surface area contributed by atoms with Crippen molar-refractivity contribution < 1.29 is 40.1 Å². The van der Waals surface area contributed by atoms with Crippen molar-refractivity contribution in [2.24, 2.45) is 0 Å². The third kappa shape index (κ3) is 6.28. The summed E-state index contributed by atoms with van der Waals surface area (Å²) in [5.41, 5.74) is -2.47. The van der Waals surface area contributed by atoms with Gasteiger partial charge in [-0.05, 0) is 42.2 Å². The number of aromatic hydroxyl groups is 1. The third-order valence-electron chi connectivity index (χ3n) is 6.38. The normalized spacial score (nSPS) is 17.7. The molecular weight excluding hydrogens is 546 g/mol. The summed E-state index contributed by atoms with van der Waals surface area (Å²) in [7, 11) is -4.25. The first kappa shape index (κ1) is 28.2. The van der Waals surface area contributed by atoms with Crippen LogP contribution in [0.15, 0.2) is 59.5 Å². The number of nitrogens with one attached hydrogen (secondary N) is 1. The lowest BCUT2D eigenvalue weighted by atomic mass is 9.82. The number of amides is 1. The average molecular weight is 570 g/mol. The number of alkyl halides is 3. The van der Waals surface area contributed by atoms with Gasteiger partial charge in [0.1, 0.15) is 11.9 Å². The van der Waals surface area contributed by atoms with Crippen LogP contribution in [0.2, 0.25) is 0 Å². The van der Waals surface area contributed by atoms with Gasteiger partial charge in [0.2, 0.25) is 0 Å². The molecule has 1 saturated heterocycles. The minimum absolute atomic E-state index is 0.0118. The molecule has 1 fully saturated rings. The molecule has 2 heterocycles. The van der Waals surface area contributed by atoms with E-state index in [0.29, 0.717) is 6.42 Å². The lowest BCUT2D eigenvalue weighted by Gasteiger charge is -2.36. The van der Waals surface area contributed by atoms with Crippen LogP contribution in [0, 0.1) is 5.82 Å². The van der Waals surface area contributed by atoms with E-state index in [-0.39, 0.29) is 24.1 Å². The predicted molar refractivity (Wildman–Crippen MR) is 130 cm³/mol. The minimum Gasteiger partial charge on any atom is -0.503 e. The predicted octanol–water partition coefficient (Wildman–Crippen LogP) is 3.41. The molecule has 0 unspecified atom stereocenters. The Morgan fingerprint density at radius 2 is 1.87 bits per heavy atom. The van der Waals surface area contributed by atoms with Crippen molar-refractivity contribution in [3.05, 3.63) is 93.2 Å². The first-order chi connectivity index (χ1) is 18.3. The SMILES string of the molecule is CS(=O)(=O)O[C@H]([C@H](c1ccc(F)cc1)c1cccc(C(F)(F)F)c1)[C@H]1CCCN1C(=O)c1n[nH]cc(O)c1=O. The summed E-state index contributed by atoms with van der Waals surface area (Å²) >= 11 is 0. The van der Waals surface area contributed by atoms with Gasteiger partial charge in [0.25, 0.3) is 21.5 Å². The Morgan fingerprint density at radius 1 is 1.18 bits per heavy atom. The van der Waals surface area contributed by atoms with E-state index >= 15 is 0 Å². The minimum atomic E-state index is -4.71. The molecule has 1 aromatic heterocycles. The monoisotopic (exact) mass is 569 g/mol. The molecule has 3 aromatic rings. The fourth-order valence-corrected chi connectivity index (χ4v) is 5.40. The van der Waals surface area contributed by atoms with Crippen molar-refractivity contribution in [3.63, 3.8) is 0 Å². The van der Waals surface area contributed by atoms with E-state index in [1.807, 2.05) is 0 Å². The molecule has 14 heteroatoms. The van der Waals surface area contributed by atoms with Gasteiger partial charge in [-0.2, -0.15) is 26.7 Å². The molecule has 2 aromatic carbocycles. The van der Waals surface area contributed by atoms with E-state index in [9.17, 15) is 40.7 Å². The largest absolute Gasteiger partial charge is 0.503 e. The molecule has 9 nitrogen and oxygen atoms in total. The number of hydrogen-bond donors (Lipinski definition) is 2. The maximum Gasteiger partial charge on any atom is 0.416 e. The van der Waals surface area contributed by atoms with E-state index in [1.165, 1.54) is 18.2 Å². The van der Waals surface area contributed by atoms with Crippen LogP contribution in [0.25, 0.3) is 0 Å². The first-order valence-corrected chi connectivity index (χ1v) is 13.5. The molecule has 2 N–H and O–H groups in total. The number of carbonyl (C=O) groups excluding carboxylic acids is 1. The standard InChI is InChI=1S/C25H23F4N3O6S/c1-39(36,37)38-23(18-6-3-11-32(18)24(35)21-22(34)19(33)13-30-31-21)20(14-7-9-17(26)10-8-14)15-4-2-5-16(12-15)25(27,28)29/h2,4-5,7-10,12-13,18,20,23H,3,6,11H2,1H3,(H,30,34)(H,31,33)/t18-,20-,23+/m1/s1. The lowest BCUT2D eigenvalue weighted by Crippen LogP contribution is -2.48. The van der Waals surface area contributed by atoms with Crippen LogP contribution in [0.3, 0.4) is 0 Å². The highest BCUT2D eigenvalue weighted by molar-refractivity contribution is 7.86. The zero-order valence-corrected chi connectivity index (χ0v) is 21.2. The Labute approximate surface area is 220 Å². The molecule has 3 atom stereocenters. The number of likely N-dealkylation sites (tertiary alicyclic amines) is 1. The van der Waals surface area contributed by atoms with E-state index in [2.05, 4.69) is 10.2 Å². The summed E-state index contributed by atoms with van der Waals surface area (Å²) in [4.78, 5) is 26.9. The number of benzene rings is 2. The van der Waals surface area contributed by atoms with Crippen LogP contribution in [0.5, 0.6) is 5.75 Å². The summed E-state index contributed by atoms with van der Waals surface area (Å²) in [5, 5.41) is 15.6. The molecule has 1 aliphatic rings. The average Bonchev–Trinajstić information content (AvgIpc) is 3.35. The molecule has 1 aliphatic heterocycles. The van der Waals surface area contributed by atoms with E-state index < -0.39 is 68.5 Å². The zero-order chi connectivity index (χ0) is 28.5. The molecule has 0 spiro atoms. The summed E-state index contributed by atoms with van der Waals surface area (Å²) in [6, 6.07) is 7.87. The number of H-pyrrole nitrogens is 1. The second-order valence-corrected chi connectivity index (χ2v) is 10.7. The zero-order valence-electron chi connectivity index (χ0n) is 20.4. The maximum atomic E-state index is 13.8. The van der Waals surface area contributed by atoms with Gasteiger partial charge in [-0.15, -0.1) is 0 Å². The van der Waals surface area contributed by atoms with Crippen LogP contribution < -0.4 is 5.43 Å². The number of carbonyl (C=O) groups is 1. The number of halogens is 4. The summed E-state index contributed by atoms with van der Waals surface area (Å²) in [6.45, 7) is 0.0443. The van der Waals surface area contributed by atoms with Gasteiger partial charge in [-0.3, -0.25) is 18.9 Å². The molecular formula is C25H23F4N3O6S. The van der Waals surface area contributed by atoms with Crippen molar-refractivity contribution in [3.8, 4) is 5.75 Å². The molecule has 0 aliphatic carbocycles. The Balaban J connectivity index is 1.88. The number of hydrogen-bond acceptors (Lipinski definition) is 7. The van der Waals surface area contributed by atoms with Crippen molar-refractivity contribution in [1.82, 2.24) is 15.1 Å². The number of aromatic amines is 1. The lowest BCUT2D eigenvalue weighted by molar-refractivity contribution is -0.137. The number of aromatic nitrogens is 2. The summed E-state index contributed by atoms with van der Waals surface area (Å²) in [5.74, 6) is -3.54. The smallest absolute Gasteiger partial charge is 0.416 e. The van der Waals surface area contributed by atoms with Gasteiger partial charge in [-0.25, -0.2) is 4.39 Å². The molecule has 0 bridgehead atoms. The fourth-order valence-electron chi connectivity index (χ4n) is 4.76. The second-order valence-electron chi connectivity index (χ2n) is 9.07. The summed E-state index contributed by atoms with van der Waals surface area (Å²) in [6.07, 6.45) is -4.04. The Bertz CT molecular complexity index is 1530. The highest BCUT2D eigenvalue weighted by Crippen LogP contribution is 2.39.